The molecule has 0 aromatic carbocycles. The van der Waals surface area contributed by atoms with Crippen molar-refractivity contribution in [2.24, 2.45) is 0 Å². The molecule has 0 atom stereocenters. The van der Waals surface area contributed by atoms with E-state index >= 15 is 0 Å². The lowest BCUT2D eigenvalue weighted by atomic mass is 10.3. The van der Waals surface area contributed by atoms with Gasteiger partial charge in [-0.05, 0) is 19.1 Å². The van der Waals surface area contributed by atoms with E-state index in [0.717, 1.165) is 5.69 Å². The van der Waals surface area contributed by atoms with Crippen LogP contribution in [0.15, 0.2) is 18.3 Å². The zero-order chi connectivity index (χ0) is 7.40. The Labute approximate surface area is 58.7 Å². The third-order valence-electron chi connectivity index (χ3n) is 1.13. The predicted molar refractivity (Wildman–Crippen MR) is 35.7 cm³/mol. The SMILES string of the molecule is Cc1ncccc1OC=O. The molecule has 3 nitrogen and oxygen atoms in total. The number of pyridine rings is 1. The molecule has 1 aromatic heterocycles. The standard InChI is InChI=1S/C7H7NO2/c1-6-7(10-5-9)3-2-4-8-6/h2-5H,1H3. The molecule has 0 aliphatic rings. The second kappa shape index (κ2) is 2.96. The Kier molecular flexibility index (Phi) is 1.99. The van der Waals surface area contributed by atoms with Crippen molar-refractivity contribution in [2.45, 2.75) is 6.92 Å². The van der Waals surface area contributed by atoms with E-state index in [1.807, 2.05) is 0 Å². The molecule has 0 saturated heterocycles. The first-order chi connectivity index (χ1) is 4.84. The zero-order valence-corrected chi connectivity index (χ0v) is 5.57. The quantitative estimate of drug-likeness (QED) is 0.569. The highest BCUT2D eigenvalue weighted by molar-refractivity contribution is 5.45. The van der Waals surface area contributed by atoms with Gasteiger partial charge in [0.2, 0.25) is 0 Å². The normalized spacial score (nSPS) is 8.90. The molecule has 0 unspecified atom stereocenters. The number of aromatic nitrogens is 1. The first kappa shape index (κ1) is 6.74. The van der Waals surface area contributed by atoms with Gasteiger partial charge in [-0.25, -0.2) is 0 Å². The molecule has 0 fully saturated rings. The molecular weight excluding hydrogens is 130 g/mol. The van der Waals surface area contributed by atoms with Crippen LogP contribution in [0, 0.1) is 6.92 Å². The Morgan fingerprint density at radius 2 is 2.50 bits per heavy atom. The number of carbonyl (C=O) groups excluding carboxylic acids is 1. The number of nitrogens with zero attached hydrogens (tertiary/aromatic N) is 1. The van der Waals surface area contributed by atoms with Crippen LogP contribution < -0.4 is 4.74 Å². The summed E-state index contributed by atoms with van der Waals surface area (Å²) in [5.74, 6) is 0.512. The maximum atomic E-state index is 9.88. The van der Waals surface area contributed by atoms with Crippen molar-refractivity contribution < 1.29 is 9.53 Å². The molecule has 0 aliphatic heterocycles. The molecule has 0 radical (unpaired) electrons. The van der Waals surface area contributed by atoms with Gasteiger partial charge in [0.25, 0.3) is 6.47 Å². The lowest BCUT2D eigenvalue weighted by Crippen LogP contribution is -1.92. The zero-order valence-electron chi connectivity index (χ0n) is 5.57. The number of ether oxygens (including phenoxy) is 1. The van der Waals surface area contributed by atoms with Crippen LogP contribution in [-0.2, 0) is 4.79 Å². The molecule has 1 heterocycles. The summed E-state index contributed by atoms with van der Waals surface area (Å²) in [5.41, 5.74) is 0.717. The Bertz CT molecular complexity index is 235. The van der Waals surface area contributed by atoms with Gasteiger partial charge in [0.1, 0.15) is 0 Å². The molecule has 1 aromatic rings. The van der Waals surface area contributed by atoms with Gasteiger partial charge >= 0.3 is 0 Å². The van der Waals surface area contributed by atoms with Crippen LogP contribution in [0.25, 0.3) is 0 Å². The van der Waals surface area contributed by atoms with Gasteiger partial charge in [-0.15, -0.1) is 0 Å². The van der Waals surface area contributed by atoms with E-state index in [-0.39, 0.29) is 0 Å². The fourth-order valence-electron chi connectivity index (χ4n) is 0.646. The Balaban J connectivity index is 2.91. The number of hydrogen-bond donors (Lipinski definition) is 0. The Morgan fingerprint density at radius 1 is 1.70 bits per heavy atom. The van der Waals surface area contributed by atoms with Gasteiger partial charge in [-0.3, -0.25) is 9.78 Å². The molecule has 0 bridgehead atoms. The topological polar surface area (TPSA) is 39.2 Å². The van der Waals surface area contributed by atoms with Gasteiger partial charge < -0.3 is 4.74 Å². The third kappa shape index (κ3) is 1.31. The monoisotopic (exact) mass is 137 g/mol. The van der Waals surface area contributed by atoms with E-state index in [4.69, 9.17) is 0 Å². The van der Waals surface area contributed by atoms with Crippen molar-refractivity contribution in [3.8, 4) is 5.75 Å². The van der Waals surface area contributed by atoms with Gasteiger partial charge in [0.15, 0.2) is 5.75 Å². The Morgan fingerprint density at radius 3 is 3.10 bits per heavy atom. The van der Waals surface area contributed by atoms with E-state index in [2.05, 4.69) is 9.72 Å². The molecule has 0 N–H and O–H groups in total. The lowest BCUT2D eigenvalue weighted by molar-refractivity contribution is -0.120. The van der Waals surface area contributed by atoms with Crippen LogP contribution in [0.2, 0.25) is 0 Å². The minimum absolute atomic E-state index is 0.393. The first-order valence-corrected chi connectivity index (χ1v) is 2.86. The first-order valence-electron chi connectivity index (χ1n) is 2.86. The molecule has 0 aliphatic carbocycles. The molecule has 0 amide bonds. The molecule has 0 saturated carbocycles. The molecule has 1 rings (SSSR count). The second-order valence-electron chi connectivity index (χ2n) is 1.80. The highest BCUT2D eigenvalue weighted by Gasteiger charge is 1.95. The van der Waals surface area contributed by atoms with Gasteiger partial charge in [-0.2, -0.15) is 0 Å². The summed E-state index contributed by atoms with van der Waals surface area (Å²) in [6.07, 6.45) is 1.65. The van der Waals surface area contributed by atoms with Gasteiger partial charge in [0, 0.05) is 6.20 Å². The second-order valence-corrected chi connectivity index (χ2v) is 1.80. The van der Waals surface area contributed by atoms with Gasteiger partial charge in [-0.1, -0.05) is 0 Å². The highest BCUT2D eigenvalue weighted by Crippen LogP contribution is 2.11. The van der Waals surface area contributed by atoms with E-state index in [0.29, 0.717) is 12.2 Å². The Hall–Kier alpha value is -1.38. The van der Waals surface area contributed by atoms with Crippen LogP contribution in [0.4, 0.5) is 0 Å². The van der Waals surface area contributed by atoms with Crippen molar-refractivity contribution in [3.05, 3.63) is 24.0 Å². The summed E-state index contributed by atoms with van der Waals surface area (Å²) in [6.45, 7) is 2.17. The van der Waals surface area contributed by atoms with E-state index in [1.54, 1.807) is 25.3 Å². The smallest absolute Gasteiger partial charge is 0.298 e. The summed E-state index contributed by atoms with van der Waals surface area (Å²) in [7, 11) is 0. The van der Waals surface area contributed by atoms with Crippen molar-refractivity contribution in [2.75, 3.05) is 0 Å². The number of rotatable bonds is 2. The van der Waals surface area contributed by atoms with Crippen LogP contribution in [0.3, 0.4) is 0 Å². The predicted octanol–water partition coefficient (Wildman–Crippen LogP) is 0.925. The van der Waals surface area contributed by atoms with Crippen LogP contribution in [0.1, 0.15) is 5.69 Å². The van der Waals surface area contributed by atoms with Crippen LogP contribution in [0.5, 0.6) is 5.75 Å². The van der Waals surface area contributed by atoms with Crippen LogP contribution in [-0.4, -0.2) is 11.5 Å². The maximum Gasteiger partial charge on any atom is 0.298 e. The number of hydrogen-bond acceptors (Lipinski definition) is 3. The fraction of sp³-hybridized carbons (Fsp3) is 0.143. The molecular formula is C7H7NO2. The van der Waals surface area contributed by atoms with E-state index < -0.39 is 0 Å². The summed E-state index contributed by atoms with van der Waals surface area (Å²) in [5, 5.41) is 0. The number of aryl methyl sites for hydroxylation is 1. The molecule has 52 valence electrons. The average Bonchev–Trinajstić information content (AvgIpc) is 1.94. The molecule has 3 heteroatoms. The van der Waals surface area contributed by atoms with Crippen molar-refractivity contribution >= 4 is 6.47 Å². The minimum Gasteiger partial charge on any atom is -0.427 e. The van der Waals surface area contributed by atoms with Gasteiger partial charge in [0.05, 0.1) is 5.69 Å². The molecule has 0 spiro atoms. The summed E-state index contributed by atoms with van der Waals surface area (Å²) in [4.78, 5) is 13.8. The van der Waals surface area contributed by atoms with Crippen LogP contribution >= 0.6 is 0 Å². The third-order valence-corrected chi connectivity index (χ3v) is 1.13. The number of carbonyl (C=O) groups is 1. The van der Waals surface area contributed by atoms with Crippen molar-refractivity contribution in [3.63, 3.8) is 0 Å². The van der Waals surface area contributed by atoms with Crippen molar-refractivity contribution in [1.82, 2.24) is 4.98 Å². The molecule has 10 heavy (non-hydrogen) atoms. The maximum absolute atomic E-state index is 9.88. The highest BCUT2D eigenvalue weighted by atomic mass is 16.5. The van der Waals surface area contributed by atoms with E-state index in [9.17, 15) is 4.79 Å². The summed E-state index contributed by atoms with van der Waals surface area (Å²) in [6, 6.07) is 3.41. The summed E-state index contributed by atoms with van der Waals surface area (Å²) >= 11 is 0. The largest absolute Gasteiger partial charge is 0.427 e. The average molecular weight is 137 g/mol. The van der Waals surface area contributed by atoms with Crippen molar-refractivity contribution in [1.29, 1.82) is 0 Å². The fourth-order valence-corrected chi connectivity index (χ4v) is 0.646. The lowest BCUT2D eigenvalue weighted by Gasteiger charge is -1.98. The van der Waals surface area contributed by atoms with E-state index in [1.165, 1.54) is 0 Å². The minimum atomic E-state index is 0.393. The summed E-state index contributed by atoms with van der Waals surface area (Å²) < 4.78 is 4.59.